The molecule has 1 aliphatic rings. The first-order valence-corrected chi connectivity index (χ1v) is 11.5. The lowest BCUT2D eigenvalue weighted by Gasteiger charge is -2.35. The molecule has 1 unspecified atom stereocenters. The first kappa shape index (κ1) is 22.6. The quantitative estimate of drug-likeness (QED) is 0.328. The van der Waals surface area contributed by atoms with E-state index < -0.39 is 16.7 Å². The van der Waals surface area contributed by atoms with Crippen molar-refractivity contribution in [1.29, 1.82) is 0 Å². The number of thiophene rings is 1. The molecule has 0 bridgehead atoms. The van der Waals surface area contributed by atoms with E-state index in [1.54, 1.807) is 24.3 Å². The van der Waals surface area contributed by atoms with Crippen molar-refractivity contribution in [2.75, 3.05) is 18.4 Å². The summed E-state index contributed by atoms with van der Waals surface area (Å²) < 4.78 is 0. The molecule has 1 aromatic heterocycles. The summed E-state index contributed by atoms with van der Waals surface area (Å²) in [5.41, 5.74) is 4.10. The summed E-state index contributed by atoms with van der Waals surface area (Å²) in [6.45, 7) is 3.57. The fraction of sp³-hybridized carbons (Fsp3) is 0.250. The van der Waals surface area contributed by atoms with Gasteiger partial charge in [-0.05, 0) is 58.5 Å². The third-order valence-corrected chi connectivity index (χ3v) is 6.49. The van der Waals surface area contributed by atoms with Crippen molar-refractivity contribution in [2.45, 2.75) is 25.9 Å². The summed E-state index contributed by atoms with van der Waals surface area (Å²) in [6, 6.07) is 14.7. The first-order valence-electron chi connectivity index (χ1n) is 10.6. The van der Waals surface area contributed by atoms with Crippen LogP contribution in [0.3, 0.4) is 0 Å². The summed E-state index contributed by atoms with van der Waals surface area (Å²) in [6.07, 6.45) is 0.919. The maximum absolute atomic E-state index is 12.5. The summed E-state index contributed by atoms with van der Waals surface area (Å²) in [7, 11) is 0. The number of anilines is 1. The van der Waals surface area contributed by atoms with Gasteiger partial charge in [-0.15, -0.1) is 0 Å². The molecule has 0 saturated heterocycles. The molecule has 33 heavy (non-hydrogen) atoms. The Morgan fingerprint density at radius 2 is 1.94 bits per heavy atom. The van der Waals surface area contributed by atoms with Gasteiger partial charge < -0.3 is 10.6 Å². The van der Waals surface area contributed by atoms with Crippen LogP contribution in [0.25, 0.3) is 0 Å². The standard InChI is InChI=1S/C24H24N4O4S/c1-16-6-7-20(21(12-16)28(31)32)26-24(30)23(29)25-13-22(19-9-11-33-15-19)27-10-8-17-4-2-3-5-18(17)14-27/h2-7,9,11-12,15,22H,8,10,13-14H2,1H3,(H,25,29)(H,26,30). The Balaban J connectivity index is 1.44. The molecule has 0 aliphatic carbocycles. The van der Waals surface area contributed by atoms with Crippen molar-refractivity contribution in [3.8, 4) is 0 Å². The van der Waals surface area contributed by atoms with Crippen molar-refractivity contribution in [1.82, 2.24) is 10.2 Å². The second-order valence-corrected chi connectivity index (χ2v) is 8.78. The first-order chi connectivity index (χ1) is 15.9. The minimum atomic E-state index is -0.935. The van der Waals surface area contributed by atoms with Gasteiger partial charge in [-0.1, -0.05) is 30.3 Å². The molecule has 0 saturated carbocycles. The molecule has 170 valence electrons. The van der Waals surface area contributed by atoms with E-state index in [4.69, 9.17) is 0 Å². The van der Waals surface area contributed by atoms with E-state index in [0.29, 0.717) is 5.56 Å². The topological polar surface area (TPSA) is 105 Å². The number of carbonyl (C=O) groups is 2. The van der Waals surface area contributed by atoms with Crippen LogP contribution < -0.4 is 10.6 Å². The fourth-order valence-electron chi connectivity index (χ4n) is 4.05. The van der Waals surface area contributed by atoms with Crippen molar-refractivity contribution < 1.29 is 14.5 Å². The van der Waals surface area contributed by atoms with Gasteiger partial charge in [0.15, 0.2) is 0 Å². The monoisotopic (exact) mass is 464 g/mol. The van der Waals surface area contributed by atoms with E-state index in [2.05, 4.69) is 27.7 Å². The minimum Gasteiger partial charge on any atom is -0.346 e. The van der Waals surface area contributed by atoms with Crippen LogP contribution in [-0.4, -0.2) is 34.7 Å². The molecule has 1 aliphatic heterocycles. The maximum atomic E-state index is 12.5. The lowest BCUT2D eigenvalue weighted by Crippen LogP contribution is -2.43. The van der Waals surface area contributed by atoms with Gasteiger partial charge in [-0.25, -0.2) is 0 Å². The Bertz CT molecular complexity index is 1180. The number of benzene rings is 2. The molecule has 2 amide bonds. The van der Waals surface area contributed by atoms with E-state index in [1.165, 1.54) is 23.3 Å². The van der Waals surface area contributed by atoms with Crippen LogP contribution in [0.5, 0.6) is 0 Å². The van der Waals surface area contributed by atoms with Gasteiger partial charge in [0.25, 0.3) is 5.69 Å². The number of rotatable bonds is 6. The third kappa shape index (κ3) is 5.27. The van der Waals surface area contributed by atoms with Gasteiger partial charge in [-0.2, -0.15) is 11.3 Å². The molecule has 1 atom stereocenters. The largest absolute Gasteiger partial charge is 0.346 e. The van der Waals surface area contributed by atoms with Crippen LogP contribution in [0, 0.1) is 17.0 Å². The van der Waals surface area contributed by atoms with E-state index in [1.807, 2.05) is 29.0 Å². The number of nitro groups is 1. The van der Waals surface area contributed by atoms with Gasteiger partial charge in [0.05, 0.1) is 11.0 Å². The highest BCUT2D eigenvalue weighted by Gasteiger charge is 2.27. The third-order valence-electron chi connectivity index (χ3n) is 5.79. The lowest BCUT2D eigenvalue weighted by atomic mass is 9.97. The highest BCUT2D eigenvalue weighted by Crippen LogP contribution is 2.29. The van der Waals surface area contributed by atoms with Crippen LogP contribution in [0.1, 0.15) is 28.3 Å². The molecule has 3 aromatic rings. The Kier molecular flexibility index (Phi) is 6.81. The van der Waals surface area contributed by atoms with Gasteiger partial charge in [0.2, 0.25) is 0 Å². The van der Waals surface area contributed by atoms with Crippen LogP contribution in [-0.2, 0) is 22.6 Å². The van der Waals surface area contributed by atoms with Gasteiger partial charge >= 0.3 is 11.8 Å². The Labute approximate surface area is 195 Å². The van der Waals surface area contributed by atoms with E-state index in [0.717, 1.165) is 25.1 Å². The molecular weight excluding hydrogens is 440 g/mol. The van der Waals surface area contributed by atoms with Crippen LogP contribution >= 0.6 is 11.3 Å². The molecule has 0 radical (unpaired) electrons. The normalized spacial score (nSPS) is 14.2. The number of hydrogen-bond donors (Lipinski definition) is 2. The highest BCUT2D eigenvalue weighted by atomic mass is 32.1. The summed E-state index contributed by atoms with van der Waals surface area (Å²) in [5, 5.41) is 20.4. The number of aryl methyl sites for hydroxylation is 1. The number of hydrogen-bond acceptors (Lipinski definition) is 6. The number of nitro benzene ring substituents is 1. The zero-order chi connectivity index (χ0) is 23.4. The van der Waals surface area contributed by atoms with Crippen molar-refractivity contribution in [2.24, 2.45) is 0 Å². The fourth-order valence-corrected chi connectivity index (χ4v) is 4.76. The summed E-state index contributed by atoms with van der Waals surface area (Å²) in [5.74, 6) is -1.77. The number of amides is 2. The summed E-state index contributed by atoms with van der Waals surface area (Å²) >= 11 is 1.58. The summed E-state index contributed by atoms with van der Waals surface area (Å²) in [4.78, 5) is 38.0. The Morgan fingerprint density at radius 1 is 1.15 bits per heavy atom. The molecule has 2 aromatic carbocycles. The van der Waals surface area contributed by atoms with Gasteiger partial charge in [0.1, 0.15) is 5.69 Å². The number of nitrogens with zero attached hydrogens (tertiary/aromatic N) is 2. The number of fused-ring (bicyclic) bond motifs is 1. The molecule has 0 fully saturated rings. The van der Waals surface area contributed by atoms with Gasteiger partial charge in [0, 0.05) is 25.7 Å². The smallest absolute Gasteiger partial charge is 0.313 e. The lowest BCUT2D eigenvalue weighted by molar-refractivity contribution is -0.384. The second-order valence-electron chi connectivity index (χ2n) is 8.00. The van der Waals surface area contributed by atoms with Crippen LogP contribution in [0.4, 0.5) is 11.4 Å². The van der Waals surface area contributed by atoms with Crippen LogP contribution in [0.15, 0.2) is 59.3 Å². The second kappa shape index (κ2) is 9.93. The van der Waals surface area contributed by atoms with E-state index in [9.17, 15) is 19.7 Å². The van der Waals surface area contributed by atoms with E-state index in [-0.39, 0.29) is 24.0 Å². The van der Waals surface area contributed by atoms with Gasteiger partial charge in [-0.3, -0.25) is 24.6 Å². The molecule has 2 N–H and O–H groups in total. The minimum absolute atomic E-state index is 0.00669. The predicted molar refractivity (Wildman–Crippen MR) is 127 cm³/mol. The van der Waals surface area contributed by atoms with Crippen molar-refractivity contribution in [3.05, 3.63) is 91.7 Å². The molecule has 8 nitrogen and oxygen atoms in total. The zero-order valence-electron chi connectivity index (χ0n) is 18.1. The average molecular weight is 465 g/mol. The molecular formula is C24H24N4O4S. The molecule has 0 spiro atoms. The Morgan fingerprint density at radius 3 is 2.67 bits per heavy atom. The number of carbonyl (C=O) groups excluding carboxylic acids is 2. The maximum Gasteiger partial charge on any atom is 0.313 e. The number of nitrogens with one attached hydrogen (secondary N) is 2. The van der Waals surface area contributed by atoms with Crippen molar-refractivity contribution >= 4 is 34.5 Å². The Hall–Kier alpha value is -3.56. The average Bonchev–Trinajstić information content (AvgIpc) is 3.34. The molecule has 9 heteroatoms. The van der Waals surface area contributed by atoms with Crippen molar-refractivity contribution in [3.63, 3.8) is 0 Å². The zero-order valence-corrected chi connectivity index (χ0v) is 18.9. The molecule has 2 heterocycles. The SMILES string of the molecule is Cc1ccc(NC(=O)C(=O)NCC(c2ccsc2)N2CCc3ccccc3C2)c([N+](=O)[O-])c1. The predicted octanol–water partition coefficient (Wildman–Crippen LogP) is 3.82. The van der Waals surface area contributed by atoms with E-state index >= 15 is 0 Å². The molecule has 4 rings (SSSR count). The highest BCUT2D eigenvalue weighted by molar-refractivity contribution is 7.08. The van der Waals surface area contributed by atoms with Crippen LogP contribution in [0.2, 0.25) is 0 Å².